The van der Waals surface area contributed by atoms with Gasteiger partial charge in [0.05, 0.1) is 19.6 Å². The van der Waals surface area contributed by atoms with Crippen LogP contribution in [-0.4, -0.2) is 48.8 Å². The summed E-state index contributed by atoms with van der Waals surface area (Å²) >= 11 is 0. The van der Waals surface area contributed by atoms with E-state index in [2.05, 4.69) is 10.1 Å². The molecule has 1 saturated heterocycles. The number of amides is 1. The summed E-state index contributed by atoms with van der Waals surface area (Å²) in [5.74, 6) is -2.03. The number of carbonyl (C=O) groups excluding carboxylic acids is 2. The van der Waals surface area contributed by atoms with Gasteiger partial charge in [0.1, 0.15) is 6.04 Å². The number of carboxylic acid groups (broad SMARTS) is 1. The maximum atomic E-state index is 11.7. The Labute approximate surface area is 111 Å². The molecule has 1 aliphatic rings. The van der Waals surface area contributed by atoms with E-state index >= 15 is 0 Å². The van der Waals surface area contributed by atoms with Crippen molar-refractivity contribution in [2.45, 2.75) is 44.2 Å². The molecule has 1 amide bonds. The second kappa shape index (κ2) is 7.73. The number of methoxy groups -OCH3 is 1. The number of aliphatic carboxylic acids is 1. The van der Waals surface area contributed by atoms with Crippen molar-refractivity contribution >= 4 is 17.8 Å². The lowest BCUT2D eigenvalue weighted by molar-refractivity contribution is -0.144. The van der Waals surface area contributed by atoms with Crippen molar-refractivity contribution in [1.29, 1.82) is 0 Å². The molecule has 0 aliphatic carbocycles. The summed E-state index contributed by atoms with van der Waals surface area (Å²) in [6.45, 7) is 0.642. The van der Waals surface area contributed by atoms with Gasteiger partial charge in [-0.1, -0.05) is 0 Å². The minimum absolute atomic E-state index is 0.0132. The molecule has 0 radical (unpaired) electrons. The third-order valence-electron chi connectivity index (χ3n) is 2.94. The summed E-state index contributed by atoms with van der Waals surface area (Å²) in [5.41, 5.74) is 0. The highest BCUT2D eigenvalue weighted by molar-refractivity contribution is 5.84. The summed E-state index contributed by atoms with van der Waals surface area (Å²) in [6, 6.07) is -1.08. The Morgan fingerprint density at radius 3 is 2.74 bits per heavy atom. The highest BCUT2D eigenvalue weighted by atomic mass is 16.5. The van der Waals surface area contributed by atoms with Crippen LogP contribution in [0.15, 0.2) is 0 Å². The Hall–Kier alpha value is -1.63. The molecular formula is C12H19NO6. The first-order valence-electron chi connectivity index (χ1n) is 6.23. The second-order valence-corrected chi connectivity index (χ2v) is 4.41. The van der Waals surface area contributed by atoms with E-state index in [-0.39, 0.29) is 31.3 Å². The zero-order valence-electron chi connectivity index (χ0n) is 10.9. The Balaban J connectivity index is 2.36. The molecule has 1 heterocycles. The van der Waals surface area contributed by atoms with Crippen LogP contribution in [0.5, 0.6) is 0 Å². The molecule has 108 valence electrons. The molecule has 7 heteroatoms. The predicted molar refractivity (Wildman–Crippen MR) is 64.4 cm³/mol. The molecule has 2 atom stereocenters. The molecule has 7 nitrogen and oxygen atoms in total. The van der Waals surface area contributed by atoms with Gasteiger partial charge in [-0.25, -0.2) is 4.79 Å². The smallest absolute Gasteiger partial charge is 0.326 e. The molecule has 0 spiro atoms. The van der Waals surface area contributed by atoms with Crippen LogP contribution in [0.3, 0.4) is 0 Å². The summed E-state index contributed by atoms with van der Waals surface area (Å²) in [4.78, 5) is 33.6. The maximum absolute atomic E-state index is 11.7. The summed E-state index contributed by atoms with van der Waals surface area (Å²) in [6.07, 6.45) is 1.72. The van der Waals surface area contributed by atoms with Crippen molar-refractivity contribution in [3.63, 3.8) is 0 Å². The molecule has 0 aromatic carbocycles. The molecule has 0 saturated carbocycles. The van der Waals surface area contributed by atoms with Gasteiger partial charge < -0.3 is 19.9 Å². The van der Waals surface area contributed by atoms with Gasteiger partial charge in [0.25, 0.3) is 0 Å². The fourth-order valence-electron chi connectivity index (χ4n) is 1.89. The van der Waals surface area contributed by atoms with Gasteiger partial charge >= 0.3 is 11.9 Å². The maximum Gasteiger partial charge on any atom is 0.326 e. The van der Waals surface area contributed by atoms with E-state index in [0.717, 1.165) is 12.8 Å². The van der Waals surface area contributed by atoms with Gasteiger partial charge in [0.15, 0.2) is 0 Å². The van der Waals surface area contributed by atoms with Gasteiger partial charge in [-0.15, -0.1) is 0 Å². The fraction of sp³-hybridized carbons (Fsp3) is 0.750. The average molecular weight is 273 g/mol. The van der Waals surface area contributed by atoms with Crippen molar-refractivity contribution in [1.82, 2.24) is 5.32 Å². The van der Waals surface area contributed by atoms with Crippen LogP contribution < -0.4 is 5.32 Å². The third kappa shape index (κ3) is 5.69. The zero-order chi connectivity index (χ0) is 14.3. The Morgan fingerprint density at radius 1 is 1.47 bits per heavy atom. The van der Waals surface area contributed by atoms with Crippen molar-refractivity contribution in [2.75, 3.05) is 13.7 Å². The summed E-state index contributed by atoms with van der Waals surface area (Å²) in [5, 5.41) is 11.4. The van der Waals surface area contributed by atoms with Crippen LogP contribution in [0.4, 0.5) is 0 Å². The lowest BCUT2D eigenvalue weighted by Crippen LogP contribution is -2.42. The number of rotatable bonds is 7. The van der Waals surface area contributed by atoms with Gasteiger partial charge in [-0.2, -0.15) is 0 Å². The van der Waals surface area contributed by atoms with Crippen LogP contribution in [0.1, 0.15) is 32.1 Å². The first-order chi connectivity index (χ1) is 9.02. The molecule has 1 aliphatic heterocycles. The number of nitrogens with one attached hydrogen (secondary N) is 1. The Kier molecular flexibility index (Phi) is 6.27. The van der Waals surface area contributed by atoms with Crippen LogP contribution in [-0.2, 0) is 23.9 Å². The number of hydrogen-bond donors (Lipinski definition) is 2. The van der Waals surface area contributed by atoms with Crippen molar-refractivity contribution in [3.05, 3.63) is 0 Å². The van der Waals surface area contributed by atoms with Crippen LogP contribution >= 0.6 is 0 Å². The van der Waals surface area contributed by atoms with Crippen molar-refractivity contribution in [2.24, 2.45) is 0 Å². The number of carbonyl (C=O) groups is 3. The van der Waals surface area contributed by atoms with E-state index in [1.54, 1.807) is 0 Å². The minimum Gasteiger partial charge on any atom is -0.480 e. The quantitative estimate of drug-likeness (QED) is 0.637. The van der Waals surface area contributed by atoms with Crippen molar-refractivity contribution in [3.8, 4) is 0 Å². The molecule has 0 aromatic rings. The van der Waals surface area contributed by atoms with Gasteiger partial charge in [0, 0.05) is 13.0 Å². The zero-order valence-corrected chi connectivity index (χ0v) is 10.9. The highest BCUT2D eigenvalue weighted by Crippen LogP contribution is 2.15. The summed E-state index contributed by atoms with van der Waals surface area (Å²) in [7, 11) is 1.23. The van der Waals surface area contributed by atoms with Crippen molar-refractivity contribution < 1.29 is 29.0 Å². The van der Waals surface area contributed by atoms with E-state index in [1.807, 2.05) is 0 Å². The lowest BCUT2D eigenvalue weighted by Gasteiger charge is -2.15. The predicted octanol–water partition coefficient (Wildman–Crippen LogP) is 0.0781. The molecule has 0 aromatic heterocycles. The number of hydrogen-bond acceptors (Lipinski definition) is 5. The van der Waals surface area contributed by atoms with E-state index in [9.17, 15) is 14.4 Å². The van der Waals surface area contributed by atoms with Gasteiger partial charge in [-0.3, -0.25) is 9.59 Å². The molecular weight excluding hydrogens is 254 g/mol. The first-order valence-corrected chi connectivity index (χ1v) is 6.23. The van der Waals surface area contributed by atoms with Crippen LogP contribution in [0, 0.1) is 0 Å². The summed E-state index contributed by atoms with van der Waals surface area (Å²) < 4.78 is 9.73. The lowest BCUT2D eigenvalue weighted by atomic mass is 10.1. The monoisotopic (exact) mass is 273 g/mol. The minimum atomic E-state index is -1.16. The van der Waals surface area contributed by atoms with Crippen LogP contribution in [0.2, 0.25) is 0 Å². The third-order valence-corrected chi connectivity index (χ3v) is 2.94. The highest BCUT2D eigenvalue weighted by Gasteiger charge is 2.24. The molecule has 19 heavy (non-hydrogen) atoms. The SMILES string of the molecule is COC(=O)CC[C@@H](NC(=O)CC1CCCO1)C(=O)O. The Morgan fingerprint density at radius 2 is 2.21 bits per heavy atom. The average Bonchev–Trinajstić information content (AvgIpc) is 2.86. The normalized spacial score (nSPS) is 19.7. The number of ether oxygens (including phenoxy) is 2. The van der Waals surface area contributed by atoms with Crippen LogP contribution in [0.25, 0.3) is 0 Å². The molecule has 0 bridgehead atoms. The van der Waals surface area contributed by atoms with E-state index in [0.29, 0.717) is 6.61 Å². The first kappa shape index (κ1) is 15.4. The van der Waals surface area contributed by atoms with E-state index in [1.165, 1.54) is 7.11 Å². The molecule has 2 N–H and O–H groups in total. The molecule has 1 rings (SSSR count). The van der Waals surface area contributed by atoms with E-state index < -0.39 is 18.0 Å². The molecule has 1 unspecified atom stereocenters. The topological polar surface area (TPSA) is 102 Å². The fourth-order valence-corrected chi connectivity index (χ4v) is 1.89. The van der Waals surface area contributed by atoms with Gasteiger partial charge in [0.2, 0.25) is 5.91 Å². The second-order valence-electron chi connectivity index (χ2n) is 4.41. The van der Waals surface area contributed by atoms with Gasteiger partial charge in [-0.05, 0) is 19.3 Å². The van der Waals surface area contributed by atoms with E-state index in [4.69, 9.17) is 9.84 Å². The molecule has 1 fully saturated rings. The standard InChI is InChI=1S/C12H19NO6/c1-18-11(15)5-4-9(12(16)17)13-10(14)7-8-3-2-6-19-8/h8-9H,2-7H2,1H3,(H,13,14)(H,16,17)/t8?,9-/m1/s1. The number of esters is 1. The largest absolute Gasteiger partial charge is 0.480 e. The Bertz CT molecular complexity index is 337. The number of carboxylic acids is 1.